The number of aliphatic hydroxyl groups is 1. The molecule has 4 rings (SSSR count). The van der Waals surface area contributed by atoms with Crippen molar-refractivity contribution in [1.29, 1.82) is 0 Å². The lowest BCUT2D eigenvalue weighted by molar-refractivity contribution is -0.117. The molecule has 1 atom stereocenters. The second kappa shape index (κ2) is 8.12. The maximum absolute atomic E-state index is 13.5. The summed E-state index contributed by atoms with van der Waals surface area (Å²) in [6.07, 6.45) is 1.54. The first-order chi connectivity index (χ1) is 14.8. The van der Waals surface area contributed by atoms with Crippen LogP contribution in [0.4, 0.5) is 5.13 Å². The first-order valence-corrected chi connectivity index (χ1v) is 11.1. The zero-order valence-electron chi connectivity index (χ0n) is 16.9. The minimum atomic E-state index is -0.937. The van der Waals surface area contributed by atoms with E-state index in [1.165, 1.54) is 33.6 Å². The molecule has 1 aromatic carbocycles. The normalized spacial score (nSPS) is 16.3. The molecule has 0 saturated carbocycles. The van der Waals surface area contributed by atoms with Gasteiger partial charge in [0.25, 0.3) is 5.91 Å². The van der Waals surface area contributed by atoms with Crippen LogP contribution in [0.2, 0.25) is 0 Å². The molecule has 2 N–H and O–H groups in total. The third kappa shape index (κ3) is 3.57. The fourth-order valence-electron chi connectivity index (χ4n) is 3.52. The summed E-state index contributed by atoms with van der Waals surface area (Å²) in [6.45, 7) is 5.61. The third-order valence-corrected chi connectivity index (χ3v) is 6.63. The number of anilines is 1. The lowest BCUT2D eigenvalue weighted by Crippen LogP contribution is -2.31. The maximum Gasteiger partial charge on any atom is 0.296 e. The standard InChI is InChI=1S/C21H19N3O5S2/c1-4-29-14-9-12(5-6-13(14)25)16-15(17(26)19-10(2)23-11(3)31-19)18(27)20(28)24(16)21-22-7-8-30-21/h5-9,16,25,27H,4H2,1-3H3. The van der Waals surface area contributed by atoms with Gasteiger partial charge in [-0.1, -0.05) is 6.07 Å². The molecule has 0 fully saturated rings. The van der Waals surface area contributed by atoms with Crippen molar-refractivity contribution < 1.29 is 24.5 Å². The van der Waals surface area contributed by atoms with Crippen LogP contribution in [0.5, 0.6) is 11.5 Å². The number of benzene rings is 1. The summed E-state index contributed by atoms with van der Waals surface area (Å²) in [6, 6.07) is 3.65. The van der Waals surface area contributed by atoms with Gasteiger partial charge in [-0.05, 0) is 38.5 Å². The number of thiazole rings is 2. The van der Waals surface area contributed by atoms with Gasteiger partial charge in [-0.15, -0.1) is 22.7 Å². The Morgan fingerprint density at radius 1 is 1.29 bits per heavy atom. The average molecular weight is 458 g/mol. The van der Waals surface area contributed by atoms with Gasteiger partial charge in [0, 0.05) is 11.6 Å². The summed E-state index contributed by atoms with van der Waals surface area (Å²) in [5.41, 5.74) is 0.976. The van der Waals surface area contributed by atoms with Crippen LogP contribution in [0.3, 0.4) is 0 Å². The minimum absolute atomic E-state index is 0.0555. The van der Waals surface area contributed by atoms with Crippen LogP contribution in [-0.4, -0.2) is 38.5 Å². The van der Waals surface area contributed by atoms with Crippen LogP contribution in [0, 0.1) is 13.8 Å². The van der Waals surface area contributed by atoms with E-state index in [0.29, 0.717) is 32.9 Å². The van der Waals surface area contributed by atoms with Gasteiger partial charge in [-0.2, -0.15) is 0 Å². The van der Waals surface area contributed by atoms with E-state index in [0.717, 1.165) is 0 Å². The van der Waals surface area contributed by atoms with Crippen molar-refractivity contribution in [2.75, 3.05) is 11.5 Å². The number of amides is 1. The van der Waals surface area contributed by atoms with Gasteiger partial charge in [-0.3, -0.25) is 14.5 Å². The number of ketones is 1. The quantitative estimate of drug-likeness (QED) is 0.536. The maximum atomic E-state index is 13.5. The summed E-state index contributed by atoms with van der Waals surface area (Å²) < 4.78 is 5.48. The van der Waals surface area contributed by atoms with E-state index in [4.69, 9.17) is 4.74 Å². The zero-order chi connectivity index (χ0) is 22.3. The van der Waals surface area contributed by atoms with Gasteiger partial charge in [0.2, 0.25) is 5.78 Å². The van der Waals surface area contributed by atoms with Crippen molar-refractivity contribution in [2.45, 2.75) is 26.8 Å². The Morgan fingerprint density at radius 3 is 2.68 bits per heavy atom. The van der Waals surface area contributed by atoms with Gasteiger partial charge in [0.1, 0.15) is 0 Å². The van der Waals surface area contributed by atoms with Gasteiger partial charge < -0.3 is 14.9 Å². The van der Waals surface area contributed by atoms with Crippen LogP contribution in [0.1, 0.15) is 38.9 Å². The second-order valence-corrected chi connectivity index (χ2v) is 8.87. The van der Waals surface area contributed by atoms with E-state index in [9.17, 15) is 19.8 Å². The number of phenolic OH excluding ortho intramolecular Hbond substituents is 1. The van der Waals surface area contributed by atoms with Crippen LogP contribution in [-0.2, 0) is 4.79 Å². The van der Waals surface area contributed by atoms with Crippen LogP contribution < -0.4 is 9.64 Å². The van der Waals surface area contributed by atoms with Crippen molar-refractivity contribution in [3.63, 3.8) is 0 Å². The number of aromatic nitrogens is 2. The number of aromatic hydroxyl groups is 1. The van der Waals surface area contributed by atoms with E-state index >= 15 is 0 Å². The van der Waals surface area contributed by atoms with E-state index in [-0.39, 0.29) is 17.1 Å². The molecular weight excluding hydrogens is 438 g/mol. The molecule has 160 valence electrons. The van der Waals surface area contributed by atoms with Crippen LogP contribution >= 0.6 is 22.7 Å². The highest BCUT2D eigenvalue weighted by atomic mass is 32.1. The van der Waals surface area contributed by atoms with Crippen molar-refractivity contribution in [1.82, 2.24) is 9.97 Å². The second-order valence-electron chi connectivity index (χ2n) is 6.79. The molecule has 1 unspecified atom stereocenters. The average Bonchev–Trinajstić information content (AvgIpc) is 3.43. The summed E-state index contributed by atoms with van der Waals surface area (Å²) in [5.74, 6) is -1.65. The van der Waals surface area contributed by atoms with Gasteiger partial charge >= 0.3 is 0 Å². The first kappa shape index (κ1) is 21.0. The van der Waals surface area contributed by atoms with E-state index in [1.54, 1.807) is 44.5 Å². The number of rotatable bonds is 6. The molecule has 1 amide bonds. The Labute approximate surface area is 186 Å². The minimum Gasteiger partial charge on any atom is -0.504 e. The topological polar surface area (TPSA) is 113 Å². The molecule has 8 nitrogen and oxygen atoms in total. The fraction of sp³-hybridized carbons (Fsp3) is 0.238. The van der Waals surface area contributed by atoms with E-state index in [1.807, 2.05) is 0 Å². The number of aliphatic hydroxyl groups excluding tert-OH is 1. The highest BCUT2D eigenvalue weighted by molar-refractivity contribution is 7.14. The number of hydrogen-bond acceptors (Lipinski definition) is 9. The predicted molar refractivity (Wildman–Crippen MR) is 117 cm³/mol. The van der Waals surface area contributed by atoms with Crippen LogP contribution in [0.25, 0.3) is 0 Å². The molecule has 2 aromatic heterocycles. The van der Waals surface area contributed by atoms with Crippen molar-refractivity contribution in [3.8, 4) is 11.5 Å². The molecule has 0 bridgehead atoms. The zero-order valence-corrected chi connectivity index (χ0v) is 18.6. The molecule has 10 heteroatoms. The molecular formula is C21H19N3O5S2. The fourth-order valence-corrected chi connectivity index (χ4v) is 5.06. The molecule has 0 spiro atoms. The molecule has 3 aromatic rings. The predicted octanol–water partition coefficient (Wildman–Crippen LogP) is 4.10. The number of aryl methyl sites for hydroxylation is 2. The Balaban J connectivity index is 1.89. The number of carbonyl (C=O) groups excluding carboxylic acids is 2. The Hall–Kier alpha value is -3.24. The highest BCUT2D eigenvalue weighted by Crippen LogP contribution is 2.44. The van der Waals surface area contributed by atoms with E-state index < -0.39 is 23.5 Å². The summed E-state index contributed by atoms with van der Waals surface area (Å²) in [4.78, 5) is 36.7. The monoisotopic (exact) mass is 457 g/mol. The SMILES string of the molecule is CCOc1cc(C2C(C(=O)c3sc(C)nc3C)=C(O)C(=O)N2c2nccs2)ccc1O. The molecule has 31 heavy (non-hydrogen) atoms. The number of phenols is 1. The summed E-state index contributed by atoms with van der Waals surface area (Å²) >= 11 is 2.42. The lowest BCUT2D eigenvalue weighted by atomic mass is 9.95. The number of ether oxygens (including phenoxy) is 1. The molecule has 1 aliphatic heterocycles. The number of hydrogen-bond donors (Lipinski definition) is 2. The molecule has 0 aliphatic carbocycles. The van der Waals surface area contributed by atoms with E-state index in [2.05, 4.69) is 9.97 Å². The Kier molecular flexibility index (Phi) is 5.50. The molecule has 1 aliphatic rings. The van der Waals surface area contributed by atoms with Crippen molar-refractivity contribution >= 4 is 39.5 Å². The Morgan fingerprint density at radius 2 is 2.06 bits per heavy atom. The van der Waals surface area contributed by atoms with Gasteiger partial charge in [0.05, 0.1) is 33.8 Å². The summed E-state index contributed by atoms with van der Waals surface area (Å²) in [5, 5.41) is 23.6. The number of nitrogens with zero attached hydrogens (tertiary/aromatic N) is 3. The highest BCUT2D eigenvalue weighted by Gasteiger charge is 2.46. The molecule has 0 saturated heterocycles. The largest absolute Gasteiger partial charge is 0.504 e. The van der Waals surface area contributed by atoms with Crippen molar-refractivity contribution in [2.24, 2.45) is 0 Å². The van der Waals surface area contributed by atoms with Gasteiger partial charge in [-0.25, -0.2) is 9.97 Å². The Bertz CT molecular complexity index is 1200. The lowest BCUT2D eigenvalue weighted by Gasteiger charge is -2.25. The number of Topliss-reactive ketones (excluding diaryl/α,β-unsaturated/α-hetero) is 1. The first-order valence-electron chi connectivity index (χ1n) is 9.44. The van der Waals surface area contributed by atoms with Gasteiger partial charge in [0.15, 0.2) is 22.4 Å². The molecule has 3 heterocycles. The van der Waals surface area contributed by atoms with Crippen molar-refractivity contribution in [3.05, 3.63) is 62.3 Å². The molecule has 0 radical (unpaired) electrons. The van der Waals surface area contributed by atoms with Crippen LogP contribution in [0.15, 0.2) is 41.1 Å². The summed E-state index contributed by atoms with van der Waals surface area (Å²) in [7, 11) is 0. The smallest absolute Gasteiger partial charge is 0.296 e. The third-order valence-electron chi connectivity index (χ3n) is 4.79. The number of carbonyl (C=O) groups is 2.